The Kier molecular flexibility index (Phi) is 3.80. The van der Waals surface area contributed by atoms with Crippen LogP contribution in [0.5, 0.6) is 0 Å². The molecule has 24 heavy (non-hydrogen) atoms. The second-order valence-electron chi connectivity index (χ2n) is 5.60. The summed E-state index contributed by atoms with van der Waals surface area (Å²) in [6.45, 7) is 0.543. The van der Waals surface area contributed by atoms with Gasteiger partial charge in [-0.1, -0.05) is 12.1 Å². The molecule has 0 radical (unpaired) electrons. The van der Waals surface area contributed by atoms with Gasteiger partial charge in [-0.15, -0.1) is 5.10 Å². The van der Waals surface area contributed by atoms with Gasteiger partial charge in [-0.05, 0) is 35.9 Å². The summed E-state index contributed by atoms with van der Waals surface area (Å²) in [5.74, 6) is 0.721. The fourth-order valence-corrected chi connectivity index (χ4v) is 2.76. The average molecular weight is 319 g/mol. The zero-order chi connectivity index (χ0) is 16.4. The molecular formula is C18H17N5O. The second kappa shape index (κ2) is 6.25. The minimum absolute atomic E-state index is 0.0711. The third kappa shape index (κ3) is 2.79. The second-order valence-corrected chi connectivity index (χ2v) is 5.60. The van der Waals surface area contributed by atoms with E-state index in [0.717, 1.165) is 34.5 Å². The number of hydrogen-bond acceptors (Lipinski definition) is 5. The van der Waals surface area contributed by atoms with Crippen molar-refractivity contribution < 1.29 is 5.11 Å². The van der Waals surface area contributed by atoms with E-state index >= 15 is 0 Å². The molecule has 0 bridgehead atoms. The normalized spacial score (nSPS) is 11.2. The summed E-state index contributed by atoms with van der Waals surface area (Å²) >= 11 is 0. The summed E-state index contributed by atoms with van der Waals surface area (Å²) in [7, 11) is 0. The molecule has 0 amide bonds. The first kappa shape index (κ1) is 14.6. The van der Waals surface area contributed by atoms with Gasteiger partial charge in [-0.25, -0.2) is 9.50 Å². The molecule has 6 nitrogen and oxygen atoms in total. The molecule has 6 heteroatoms. The highest BCUT2D eigenvalue weighted by Crippen LogP contribution is 2.17. The minimum Gasteiger partial charge on any atom is -0.395 e. The van der Waals surface area contributed by atoms with E-state index in [9.17, 15) is 0 Å². The van der Waals surface area contributed by atoms with Gasteiger partial charge >= 0.3 is 0 Å². The molecule has 1 aromatic carbocycles. The Balaban J connectivity index is 1.67. The summed E-state index contributed by atoms with van der Waals surface area (Å²) < 4.78 is 1.84. The van der Waals surface area contributed by atoms with Crippen molar-refractivity contribution in [1.82, 2.24) is 19.6 Å². The number of hydrogen-bond donors (Lipinski definition) is 2. The first-order valence-electron chi connectivity index (χ1n) is 7.85. The van der Waals surface area contributed by atoms with Crippen molar-refractivity contribution in [3.05, 3.63) is 66.1 Å². The Morgan fingerprint density at radius 3 is 2.96 bits per heavy atom. The van der Waals surface area contributed by atoms with Crippen LogP contribution in [0.25, 0.3) is 16.6 Å². The van der Waals surface area contributed by atoms with E-state index in [2.05, 4.69) is 38.6 Å². The molecule has 0 unspecified atom stereocenters. The van der Waals surface area contributed by atoms with E-state index < -0.39 is 0 Å². The first-order valence-corrected chi connectivity index (χ1v) is 7.85. The smallest absolute Gasteiger partial charge is 0.153 e. The summed E-state index contributed by atoms with van der Waals surface area (Å²) in [6.07, 6.45) is 4.39. The molecule has 0 saturated carbocycles. The van der Waals surface area contributed by atoms with Crippen LogP contribution in [0.2, 0.25) is 0 Å². The van der Waals surface area contributed by atoms with E-state index in [-0.39, 0.29) is 6.61 Å². The molecule has 4 rings (SSSR count). The van der Waals surface area contributed by atoms with E-state index in [1.54, 1.807) is 6.20 Å². The van der Waals surface area contributed by atoms with Gasteiger partial charge in [0.15, 0.2) is 5.65 Å². The third-order valence-corrected chi connectivity index (χ3v) is 3.90. The molecule has 3 heterocycles. The van der Waals surface area contributed by atoms with Gasteiger partial charge in [0, 0.05) is 24.5 Å². The molecule has 0 aliphatic rings. The maximum Gasteiger partial charge on any atom is 0.153 e. The minimum atomic E-state index is 0.0711. The van der Waals surface area contributed by atoms with Crippen molar-refractivity contribution in [2.75, 3.05) is 18.5 Å². The van der Waals surface area contributed by atoms with Gasteiger partial charge in [0.1, 0.15) is 5.82 Å². The van der Waals surface area contributed by atoms with Gasteiger partial charge in [-0.3, -0.25) is 4.98 Å². The number of fused-ring (bicyclic) bond motifs is 2. The van der Waals surface area contributed by atoms with Crippen molar-refractivity contribution in [2.45, 2.75) is 6.42 Å². The number of imidazole rings is 1. The lowest BCUT2D eigenvalue weighted by atomic mass is 10.1. The fraction of sp³-hybridized carbons (Fsp3) is 0.167. The molecule has 2 N–H and O–H groups in total. The number of aromatic nitrogens is 4. The van der Waals surface area contributed by atoms with Gasteiger partial charge in [0.05, 0.1) is 24.0 Å². The average Bonchev–Trinajstić information content (AvgIpc) is 3.02. The predicted octanol–water partition coefficient (Wildman–Crippen LogP) is 2.27. The first-order chi connectivity index (χ1) is 11.8. The molecule has 3 aromatic heterocycles. The molecule has 4 aromatic rings. The van der Waals surface area contributed by atoms with Gasteiger partial charge in [-0.2, -0.15) is 0 Å². The summed E-state index contributed by atoms with van der Waals surface area (Å²) in [5.41, 5.74) is 4.00. The number of anilines is 1. The van der Waals surface area contributed by atoms with Crippen LogP contribution in [0, 0.1) is 0 Å². The van der Waals surface area contributed by atoms with Crippen molar-refractivity contribution in [3.63, 3.8) is 0 Å². The van der Waals surface area contributed by atoms with Crippen LogP contribution >= 0.6 is 0 Å². The molecular weight excluding hydrogens is 302 g/mol. The molecule has 0 aliphatic carbocycles. The van der Waals surface area contributed by atoms with Gasteiger partial charge < -0.3 is 10.4 Å². The lowest BCUT2D eigenvalue weighted by molar-refractivity contribution is 0.311. The Hall–Kier alpha value is -2.99. The topological polar surface area (TPSA) is 75.3 Å². The number of benzene rings is 1. The summed E-state index contributed by atoms with van der Waals surface area (Å²) in [6, 6.07) is 14.1. The summed E-state index contributed by atoms with van der Waals surface area (Å²) in [5, 5.41) is 17.7. The zero-order valence-corrected chi connectivity index (χ0v) is 13.1. The number of nitrogens with zero attached hydrogens (tertiary/aromatic N) is 4. The number of pyridine rings is 1. The molecule has 0 spiro atoms. The number of aliphatic hydroxyl groups is 1. The van der Waals surface area contributed by atoms with E-state index in [4.69, 9.17) is 5.11 Å². The Bertz CT molecular complexity index is 995. The van der Waals surface area contributed by atoms with Gasteiger partial charge in [0.25, 0.3) is 0 Å². The monoisotopic (exact) mass is 319 g/mol. The Morgan fingerprint density at radius 2 is 2.04 bits per heavy atom. The number of aliphatic hydroxyl groups excluding tert-OH is 1. The standard InChI is InChI=1S/C18H17N5O/c24-9-8-20-17-5-6-18-21-12-15(23(18)22-17)11-13-3-4-16-14(10-13)2-1-7-19-16/h1-7,10,12,24H,8-9,11H2,(H,20,22). The SMILES string of the molecule is OCCNc1ccc2ncc(Cc3ccc4ncccc4c3)n2n1. The largest absolute Gasteiger partial charge is 0.395 e. The number of rotatable bonds is 5. The predicted molar refractivity (Wildman–Crippen MR) is 93.1 cm³/mol. The molecule has 0 aliphatic heterocycles. The molecule has 0 fully saturated rings. The van der Waals surface area contributed by atoms with E-state index in [1.165, 1.54) is 5.56 Å². The molecule has 0 saturated heterocycles. The Morgan fingerprint density at radius 1 is 1.08 bits per heavy atom. The molecule has 0 atom stereocenters. The maximum atomic E-state index is 8.92. The Labute approximate surface area is 138 Å². The van der Waals surface area contributed by atoms with Crippen LogP contribution in [0.1, 0.15) is 11.3 Å². The third-order valence-electron chi connectivity index (χ3n) is 3.90. The lowest BCUT2D eigenvalue weighted by Crippen LogP contribution is -2.09. The van der Waals surface area contributed by atoms with E-state index in [1.807, 2.05) is 35.0 Å². The van der Waals surface area contributed by atoms with Crippen molar-refractivity contribution >= 4 is 22.4 Å². The highest BCUT2D eigenvalue weighted by molar-refractivity contribution is 5.79. The lowest BCUT2D eigenvalue weighted by Gasteiger charge is -2.06. The highest BCUT2D eigenvalue weighted by Gasteiger charge is 2.07. The van der Waals surface area contributed by atoms with Crippen LogP contribution in [0.3, 0.4) is 0 Å². The highest BCUT2D eigenvalue weighted by atomic mass is 16.3. The van der Waals surface area contributed by atoms with Crippen LogP contribution in [-0.2, 0) is 6.42 Å². The van der Waals surface area contributed by atoms with Crippen molar-refractivity contribution in [1.29, 1.82) is 0 Å². The van der Waals surface area contributed by atoms with Crippen LogP contribution in [0.4, 0.5) is 5.82 Å². The van der Waals surface area contributed by atoms with Gasteiger partial charge in [0.2, 0.25) is 0 Å². The van der Waals surface area contributed by atoms with Crippen LogP contribution in [0.15, 0.2) is 54.9 Å². The fourth-order valence-electron chi connectivity index (χ4n) is 2.76. The van der Waals surface area contributed by atoms with Crippen molar-refractivity contribution in [2.24, 2.45) is 0 Å². The number of nitrogens with one attached hydrogen (secondary N) is 1. The van der Waals surface area contributed by atoms with Crippen LogP contribution in [-0.4, -0.2) is 37.8 Å². The van der Waals surface area contributed by atoms with Crippen molar-refractivity contribution in [3.8, 4) is 0 Å². The zero-order valence-electron chi connectivity index (χ0n) is 13.1. The summed E-state index contributed by atoms with van der Waals surface area (Å²) in [4.78, 5) is 8.76. The quantitative estimate of drug-likeness (QED) is 0.590. The van der Waals surface area contributed by atoms with E-state index in [0.29, 0.717) is 6.54 Å². The maximum absolute atomic E-state index is 8.92. The molecule has 120 valence electrons. The van der Waals surface area contributed by atoms with Crippen LogP contribution < -0.4 is 5.32 Å².